The van der Waals surface area contributed by atoms with Crippen molar-refractivity contribution in [2.24, 2.45) is 0 Å². The van der Waals surface area contributed by atoms with Gasteiger partial charge in [0.1, 0.15) is 19.6 Å². The van der Waals surface area contributed by atoms with Gasteiger partial charge in [-0.25, -0.2) is 0 Å². The monoisotopic (exact) mass is 319 g/mol. The van der Waals surface area contributed by atoms with Crippen LogP contribution in [0.2, 0.25) is 0 Å². The van der Waals surface area contributed by atoms with E-state index >= 15 is 0 Å². The molecule has 1 N–H and O–H groups in total. The van der Waals surface area contributed by atoms with E-state index in [1.807, 2.05) is 7.05 Å². The molecule has 0 radical (unpaired) electrons. The number of anilines is 1. The van der Waals surface area contributed by atoms with Crippen LogP contribution in [0.1, 0.15) is 6.42 Å². The Morgan fingerprint density at radius 2 is 1.78 bits per heavy atom. The Kier molecular flexibility index (Phi) is 4.66. The van der Waals surface area contributed by atoms with E-state index in [1.54, 1.807) is 23.1 Å². The lowest BCUT2D eigenvalue weighted by atomic mass is 10.2. The predicted octanol–water partition coefficient (Wildman–Crippen LogP) is 0.560. The van der Waals surface area contributed by atoms with E-state index in [2.05, 4.69) is 10.2 Å². The number of carbonyl (C=O) groups excluding carboxylic acids is 2. The number of fused-ring (bicyclic) bond motifs is 1. The minimum atomic E-state index is -0.314. The average molecular weight is 319 g/mol. The van der Waals surface area contributed by atoms with E-state index in [4.69, 9.17) is 9.47 Å². The maximum atomic E-state index is 12.1. The zero-order valence-corrected chi connectivity index (χ0v) is 13.2. The highest BCUT2D eigenvalue weighted by Crippen LogP contribution is 2.32. The van der Waals surface area contributed by atoms with Crippen molar-refractivity contribution in [1.82, 2.24) is 9.80 Å². The lowest BCUT2D eigenvalue weighted by Crippen LogP contribution is -2.47. The summed E-state index contributed by atoms with van der Waals surface area (Å²) in [6.07, 6.45) is -0.141. The molecule has 2 amide bonds. The van der Waals surface area contributed by atoms with Crippen LogP contribution in [0.15, 0.2) is 18.2 Å². The largest absolute Gasteiger partial charge is 0.486 e. The van der Waals surface area contributed by atoms with Gasteiger partial charge in [0.15, 0.2) is 11.5 Å². The molecule has 1 saturated heterocycles. The van der Waals surface area contributed by atoms with Gasteiger partial charge in [-0.1, -0.05) is 0 Å². The number of carbonyl (C=O) groups is 2. The normalized spacial score (nSPS) is 17.7. The molecule has 2 heterocycles. The smallest absolute Gasteiger partial charge is 0.233 e. The molecule has 0 bridgehead atoms. The molecule has 7 heteroatoms. The molecule has 0 atom stereocenters. The fourth-order valence-electron chi connectivity index (χ4n) is 2.63. The summed E-state index contributed by atoms with van der Waals surface area (Å²) in [7, 11) is 2.02. The quantitative estimate of drug-likeness (QED) is 0.825. The number of rotatable bonds is 3. The van der Waals surface area contributed by atoms with Crippen molar-refractivity contribution in [2.75, 3.05) is 51.8 Å². The third-order valence-electron chi connectivity index (χ3n) is 3.99. The average Bonchev–Trinajstić information content (AvgIpc) is 2.55. The second-order valence-corrected chi connectivity index (χ2v) is 5.77. The number of likely N-dealkylation sites (N-methyl/N-ethyl adjacent to an activating group) is 1. The molecule has 1 aromatic rings. The maximum absolute atomic E-state index is 12.1. The van der Waals surface area contributed by atoms with E-state index < -0.39 is 0 Å². The number of benzene rings is 1. The minimum Gasteiger partial charge on any atom is -0.486 e. The van der Waals surface area contributed by atoms with Crippen LogP contribution in [-0.4, -0.2) is 68.1 Å². The Morgan fingerprint density at radius 1 is 1.09 bits per heavy atom. The first-order valence-corrected chi connectivity index (χ1v) is 7.77. The highest BCUT2D eigenvalue weighted by Gasteiger charge is 2.21. The van der Waals surface area contributed by atoms with E-state index in [1.165, 1.54) is 0 Å². The number of nitrogens with one attached hydrogen (secondary N) is 1. The van der Waals surface area contributed by atoms with Gasteiger partial charge in [0.05, 0.1) is 0 Å². The zero-order chi connectivity index (χ0) is 16.2. The number of piperazine rings is 1. The van der Waals surface area contributed by atoms with E-state index in [-0.39, 0.29) is 18.2 Å². The van der Waals surface area contributed by atoms with Crippen LogP contribution in [0, 0.1) is 0 Å². The van der Waals surface area contributed by atoms with Crippen LogP contribution in [0.25, 0.3) is 0 Å². The maximum Gasteiger partial charge on any atom is 0.233 e. The predicted molar refractivity (Wildman–Crippen MR) is 84.8 cm³/mol. The molecule has 2 aliphatic heterocycles. The van der Waals surface area contributed by atoms with Crippen molar-refractivity contribution in [2.45, 2.75) is 6.42 Å². The molecule has 124 valence electrons. The van der Waals surface area contributed by atoms with Gasteiger partial charge in [0.25, 0.3) is 0 Å². The summed E-state index contributed by atoms with van der Waals surface area (Å²) in [4.78, 5) is 28.1. The summed E-state index contributed by atoms with van der Waals surface area (Å²) in [6, 6.07) is 5.21. The summed E-state index contributed by atoms with van der Waals surface area (Å²) in [5, 5.41) is 2.74. The van der Waals surface area contributed by atoms with Crippen LogP contribution >= 0.6 is 0 Å². The Hall–Kier alpha value is -2.28. The third-order valence-corrected chi connectivity index (χ3v) is 3.99. The lowest BCUT2D eigenvalue weighted by molar-refractivity contribution is -0.135. The van der Waals surface area contributed by atoms with Gasteiger partial charge in [0.2, 0.25) is 11.8 Å². The SMILES string of the molecule is CN1CCN(C(=O)CC(=O)Nc2ccc3c(c2)OCCO3)CC1. The summed E-state index contributed by atoms with van der Waals surface area (Å²) in [5.41, 5.74) is 0.602. The molecule has 7 nitrogen and oxygen atoms in total. The molecule has 1 fully saturated rings. The number of hydrogen-bond acceptors (Lipinski definition) is 5. The highest BCUT2D eigenvalue weighted by atomic mass is 16.6. The Balaban J connectivity index is 1.54. The van der Waals surface area contributed by atoms with Gasteiger partial charge in [-0.3, -0.25) is 9.59 Å². The number of ether oxygens (including phenoxy) is 2. The summed E-state index contributed by atoms with van der Waals surface area (Å²) < 4.78 is 10.9. The van der Waals surface area contributed by atoms with Gasteiger partial charge < -0.3 is 24.6 Å². The number of hydrogen-bond donors (Lipinski definition) is 1. The third kappa shape index (κ3) is 3.92. The van der Waals surface area contributed by atoms with Gasteiger partial charge in [-0.2, -0.15) is 0 Å². The van der Waals surface area contributed by atoms with Gasteiger partial charge in [0, 0.05) is 37.9 Å². The minimum absolute atomic E-state index is 0.131. The van der Waals surface area contributed by atoms with Crippen molar-refractivity contribution < 1.29 is 19.1 Å². The summed E-state index contributed by atoms with van der Waals surface area (Å²) in [6.45, 7) is 4.05. The van der Waals surface area contributed by atoms with E-state index in [0.717, 1.165) is 13.1 Å². The highest BCUT2D eigenvalue weighted by molar-refractivity contribution is 6.03. The molecule has 0 aromatic heterocycles. The topological polar surface area (TPSA) is 71.1 Å². The van der Waals surface area contributed by atoms with Crippen molar-refractivity contribution >= 4 is 17.5 Å². The van der Waals surface area contributed by atoms with Crippen LogP contribution in [0.3, 0.4) is 0 Å². The molecule has 3 rings (SSSR count). The Bertz CT molecular complexity index is 597. The van der Waals surface area contributed by atoms with E-state index in [9.17, 15) is 9.59 Å². The number of amides is 2. The first kappa shape index (κ1) is 15.6. The standard InChI is InChI=1S/C16H21N3O4/c1-18-4-6-19(7-5-18)16(21)11-15(20)17-12-2-3-13-14(10-12)23-9-8-22-13/h2-3,10H,4-9,11H2,1H3,(H,17,20). The fraction of sp³-hybridized carbons (Fsp3) is 0.500. The van der Waals surface area contributed by atoms with Gasteiger partial charge in [-0.15, -0.1) is 0 Å². The Morgan fingerprint density at radius 3 is 2.52 bits per heavy atom. The molecular weight excluding hydrogens is 298 g/mol. The molecular formula is C16H21N3O4. The van der Waals surface area contributed by atoms with Gasteiger partial charge in [-0.05, 0) is 19.2 Å². The number of nitrogens with zero attached hydrogens (tertiary/aromatic N) is 2. The van der Waals surface area contributed by atoms with Crippen LogP contribution in [-0.2, 0) is 9.59 Å². The van der Waals surface area contributed by atoms with Gasteiger partial charge >= 0.3 is 0 Å². The van der Waals surface area contributed by atoms with Crippen LogP contribution < -0.4 is 14.8 Å². The second-order valence-electron chi connectivity index (χ2n) is 5.77. The lowest BCUT2D eigenvalue weighted by Gasteiger charge is -2.32. The van der Waals surface area contributed by atoms with Crippen molar-refractivity contribution in [3.63, 3.8) is 0 Å². The van der Waals surface area contributed by atoms with Crippen LogP contribution in [0.5, 0.6) is 11.5 Å². The molecule has 0 unspecified atom stereocenters. The molecule has 0 spiro atoms. The van der Waals surface area contributed by atoms with Crippen molar-refractivity contribution in [3.8, 4) is 11.5 Å². The second kappa shape index (κ2) is 6.87. The fourth-order valence-corrected chi connectivity index (χ4v) is 2.63. The molecule has 0 saturated carbocycles. The molecule has 1 aromatic carbocycles. The zero-order valence-electron chi connectivity index (χ0n) is 13.2. The summed E-state index contributed by atoms with van der Waals surface area (Å²) in [5.74, 6) is 0.834. The van der Waals surface area contributed by atoms with Crippen molar-refractivity contribution in [1.29, 1.82) is 0 Å². The van der Waals surface area contributed by atoms with Crippen molar-refractivity contribution in [3.05, 3.63) is 18.2 Å². The first-order chi connectivity index (χ1) is 11.1. The first-order valence-electron chi connectivity index (χ1n) is 7.77. The molecule has 2 aliphatic rings. The van der Waals surface area contributed by atoms with Crippen LogP contribution in [0.4, 0.5) is 5.69 Å². The van der Waals surface area contributed by atoms with E-state index in [0.29, 0.717) is 43.5 Å². The Labute approximate surface area is 135 Å². The summed E-state index contributed by atoms with van der Waals surface area (Å²) >= 11 is 0. The molecule has 23 heavy (non-hydrogen) atoms. The molecule has 0 aliphatic carbocycles.